The summed E-state index contributed by atoms with van der Waals surface area (Å²) in [5.41, 5.74) is 2.83. The van der Waals surface area contributed by atoms with Crippen molar-refractivity contribution in [3.8, 4) is 0 Å². The van der Waals surface area contributed by atoms with Crippen LogP contribution in [0.1, 0.15) is 21.5 Å². The number of rotatable bonds is 3. The Morgan fingerprint density at radius 1 is 1.06 bits per heavy atom. The Morgan fingerprint density at radius 2 is 1.78 bits per heavy atom. The summed E-state index contributed by atoms with van der Waals surface area (Å²) < 4.78 is 2.13. The average molecular weight is 352 g/mol. The van der Waals surface area contributed by atoms with Crippen LogP contribution >= 0.6 is 0 Å². The van der Waals surface area contributed by atoms with Gasteiger partial charge in [0.1, 0.15) is 0 Å². The summed E-state index contributed by atoms with van der Waals surface area (Å²) in [7, 11) is 0. The number of benzene rings is 2. The van der Waals surface area contributed by atoms with Crippen LogP contribution in [0.4, 0.5) is 0 Å². The van der Waals surface area contributed by atoms with Gasteiger partial charge in [-0.05, 0) is 0 Å². The zero-order valence-corrected chi connectivity index (χ0v) is 12.4. The van der Waals surface area contributed by atoms with Crippen molar-refractivity contribution in [2.24, 2.45) is 0 Å². The fraction of sp³-hybridized carbons (Fsp3) is 0.133. The summed E-state index contributed by atoms with van der Waals surface area (Å²) in [4.78, 5) is 11.0. The van der Waals surface area contributed by atoms with E-state index in [4.69, 9.17) is 0 Å². The number of carbonyl (C=O) groups is 1. The molecule has 0 aliphatic heterocycles. The summed E-state index contributed by atoms with van der Waals surface area (Å²) in [6, 6.07) is 13.4. The summed E-state index contributed by atoms with van der Waals surface area (Å²) >= 11 is -0.477. The van der Waals surface area contributed by atoms with Gasteiger partial charge in [0, 0.05) is 0 Å². The van der Waals surface area contributed by atoms with Crippen molar-refractivity contribution >= 4 is 5.97 Å². The Kier molecular flexibility index (Phi) is 4.01. The van der Waals surface area contributed by atoms with Gasteiger partial charge in [-0.1, -0.05) is 0 Å². The zero-order chi connectivity index (χ0) is 13.1. The number of halogens is 1. The molecule has 0 aromatic heterocycles. The Hall–Kier alpha value is -1.36. The van der Waals surface area contributed by atoms with Crippen molar-refractivity contribution in [2.75, 3.05) is 0 Å². The Bertz CT molecular complexity index is 591. The van der Waals surface area contributed by atoms with Gasteiger partial charge < -0.3 is 0 Å². The second-order valence-electron chi connectivity index (χ2n) is 4.09. The van der Waals surface area contributed by atoms with Crippen molar-refractivity contribution in [1.29, 1.82) is 0 Å². The maximum atomic E-state index is 11.0. The van der Waals surface area contributed by atoms with Crippen LogP contribution in [-0.4, -0.2) is 5.97 Å². The van der Waals surface area contributed by atoms with Crippen molar-refractivity contribution in [3.63, 3.8) is 0 Å². The van der Waals surface area contributed by atoms with E-state index in [-0.39, 0.29) is 0 Å². The van der Waals surface area contributed by atoms with Crippen LogP contribution in [-0.2, 0) is 0 Å². The minimum absolute atomic E-state index is 0.323. The third-order valence-corrected chi connectivity index (χ3v) is 5.59. The van der Waals surface area contributed by atoms with Gasteiger partial charge in [-0.2, -0.15) is 0 Å². The van der Waals surface area contributed by atoms with E-state index in [1.165, 1.54) is 14.7 Å². The molecule has 0 saturated carbocycles. The first-order valence-corrected chi connectivity index (χ1v) is 7.76. The molecule has 0 atom stereocenters. The summed E-state index contributed by atoms with van der Waals surface area (Å²) in [6.07, 6.45) is 0. The van der Waals surface area contributed by atoms with Crippen molar-refractivity contribution in [2.45, 2.75) is 13.8 Å². The van der Waals surface area contributed by atoms with Crippen LogP contribution in [0.3, 0.4) is 0 Å². The number of hydrogen-bond acceptors (Lipinski definition) is 2. The van der Waals surface area contributed by atoms with E-state index < -0.39 is 27.2 Å². The molecule has 0 heterocycles. The molecule has 2 aromatic carbocycles. The molecule has 0 fully saturated rings. The zero-order valence-electron chi connectivity index (χ0n) is 10.2. The normalized spacial score (nSPS) is 10.6. The molecule has 2 aromatic rings. The second-order valence-corrected chi connectivity index (χ2v) is 7.04. The maximum absolute atomic E-state index is 11.0. The third kappa shape index (κ3) is 2.90. The van der Waals surface area contributed by atoms with Crippen molar-refractivity contribution < 1.29 is 31.1 Å². The van der Waals surface area contributed by atoms with Gasteiger partial charge in [-0.15, -0.1) is 0 Å². The Balaban J connectivity index is 2.34. The Morgan fingerprint density at radius 3 is 2.44 bits per heavy atom. The monoisotopic (exact) mass is 352 g/mol. The van der Waals surface area contributed by atoms with Crippen molar-refractivity contribution in [1.82, 2.24) is 0 Å². The predicted octanol–water partition coefficient (Wildman–Crippen LogP) is -1.20. The van der Waals surface area contributed by atoms with Gasteiger partial charge in [0.2, 0.25) is 0 Å². The molecule has 0 spiro atoms. The van der Waals surface area contributed by atoms with E-state index in [9.17, 15) is 9.90 Å². The third-order valence-electron chi connectivity index (χ3n) is 2.77. The molecular formula is C15H13IO2-2. The van der Waals surface area contributed by atoms with Gasteiger partial charge in [-0.3, -0.25) is 0 Å². The number of aryl methyl sites for hydroxylation is 2. The number of carboxylic acids is 1. The van der Waals surface area contributed by atoms with Crippen LogP contribution in [0.5, 0.6) is 0 Å². The van der Waals surface area contributed by atoms with Gasteiger partial charge in [0.15, 0.2) is 0 Å². The van der Waals surface area contributed by atoms with E-state index >= 15 is 0 Å². The number of carbonyl (C=O) groups excluding carboxylic acids is 1. The van der Waals surface area contributed by atoms with Crippen LogP contribution in [0, 0.1) is 21.0 Å². The Labute approximate surface area is 117 Å². The number of aromatic carboxylic acids is 1. The number of hydrogen-bond donors (Lipinski definition) is 0. The van der Waals surface area contributed by atoms with Gasteiger partial charge >= 0.3 is 117 Å². The summed E-state index contributed by atoms with van der Waals surface area (Å²) in [6.45, 7) is 4.15. The molecule has 0 aliphatic carbocycles. The first kappa shape index (κ1) is 13.1. The average Bonchev–Trinajstić information content (AvgIpc) is 2.34. The first-order valence-electron chi connectivity index (χ1n) is 5.60. The fourth-order valence-corrected chi connectivity index (χ4v) is 4.32. The van der Waals surface area contributed by atoms with Crippen molar-refractivity contribution in [3.05, 3.63) is 66.3 Å². The van der Waals surface area contributed by atoms with E-state index in [2.05, 4.69) is 32.0 Å². The molecule has 0 bridgehead atoms. The van der Waals surface area contributed by atoms with E-state index in [1.807, 2.05) is 12.1 Å². The van der Waals surface area contributed by atoms with Crippen LogP contribution in [0.2, 0.25) is 0 Å². The quantitative estimate of drug-likeness (QED) is 0.651. The predicted molar refractivity (Wildman–Crippen MR) is 64.1 cm³/mol. The molecule has 0 radical (unpaired) electrons. The molecule has 2 nitrogen and oxygen atoms in total. The van der Waals surface area contributed by atoms with Crippen LogP contribution in [0.15, 0.2) is 42.5 Å². The molecule has 94 valence electrons. The van der Waals surface area contributed by atoms with Crippen LogP contribution < -0.4 is 26.3 Å². The molecule has 0 saturated heterocycles. The minimum atomic E-state index is -1.09. The van der Waals surface area contributed by atoms with E-state index in [0.29, 0.717) is 5.56 Å². The molecule has 0 aliphatic rings. The SMILES string of the molecule is Cc1ccc([I-]c2ccccc2C(=O)[O-])cc1C. The molecule has 0 amide bonds. The topological polar surface area (TPSA) is 40.1 Å². The second kappa shape index (κ2) is 5.52. The van der Waals surface area contributed by atoms with E-state index in [1.54, 1.807) is 12.1 Å². The van der Waals surface area contributed by atoms with Gasteiger partial charge in [0.05, 0.1) is 0 Å². The first-order chi connectivity index (χ1) is 8.58. The molecule has 18 heavy (non-hydrogen) atoms. The molecule has 0 unspecified atom stereocenters. The van der Waals surface area contributed by atoms with Gasteiger partial charge in [-0.25, -0.2) is 0 Å². The van der Waals surface area contributed by atoms with Gasteiger partial charge in [0.25, 0.3) is 0 Å². The molecule has 3 heteroatoms. The standard InChI is InChI=1S/C15H14IO2/c1-10-7-8-12(9-11(10)2)16-14-6-4-3-5-13(14)15(17)18/h3-9H,1-2H3,(H,17,18)/q-1/p-1. The molecule has 0 N–H and O–H groups in total. The van der Waals surface area contributed by atoms with E-state index in [0.717, 1.165) is 3.57 Å². The summed E-state index contributed by atoms with van der Waals surface area (Å²) in [5, 5.41) is 11.0. The summed E-state index contributed by atoms with van der Waals surface area (Å²) in [5.74, 6) is -1.09. The molecular weight excluding hydrogens is 339 g/mol. The number of carboxylic acid groups (broad SMARTS) is 1. The fourth-order valence-electron chi connectivity index (χ4n) is 1.59. The molecule has 2 rings (SSSR count). The van der Waals surface area contributed by atoms with Crippen LogP contribution in [0.25, 0.3) is 0 Å².